The molecule has 0 spiro atoms. The van der Waals surface area contributed by atoms with Crippen LogP contribution in [0.1, 0.15) is 328 Å². The Bertz CT molecular complexity index is 1160. The number of amides is 1. The number of aliphatic hydroxyl groups is 1. The van der Waals surface area contributed by atoms with E-state index < -0.39 is 20.0 Å². The molecule has 0 saturated carbocycles. The quantitative estimate of drug-likeness (QED) is 0.0243. The van der Waals surface area contributed by atoms with Crippen molar-refractivity contribution < 1.29 is 32.9 Å². The van der Waals surface area contributed by atoms with Gasteiger partial charge >= 0.3 is 7.82 Å². The number of rotatable bonds is 59. The highest BCUT2D eigenvalue weighted by Crippen LogP contribution is 2.43. The van der Waals surface area contributed by atoms with Gasteiger partial charge < -0.3 is 19.8 Å². The van der Waals surface area contributed by atoms with Crippen LogP contribution in [0.2, 0.25) is 0 Å². The summed E-state index contributed by atoms with van der Waals surface area (Å²) in [4.78, 5) is 23.4. The highest BCUT2D eigenvalue weighted by molar-refractivity contribution is 7.47. The molecule has 0 aromatic rings. The van der Waals surface area contributed by atoms with Crippen LogP contribution in [0.5, 0.6) is 0 Å². The molecule has 9 heteroatoms. The number of phosphoric ester groups is 1. The fraction of sp³-hybridized carbons (Fsp3) is 0.952. The first-order chi connectivity index (χ1) is 34.5. The Morgan fingerprint density at radius 2 is 0.746 bits per heavy atom. The third-order valence-corrected chi connectivity index (χ3v) is 15.7. The van der Waals surface area contributed by atoms with Crippen LogP contribution < -0.4 is 5.32 Å². The zero-order chi connectivity index (χ0) is 52.0. The molecule has 0 bridgehead atoms. The molecular weight excluding hydrogens is 900 g/mol. The molecule has 3 unspecified atom stereocenters. The fourth-order valence-corrected chi connectivity index (χ4v) is 10.5. The molecule has 0 saturated heterocycles. The number of nitrogens with zero attached hydrogens (tertiary/aromatic N) is 1. The number of unbranched alkanes of at least 4 members (excludes halogenated alkanes) is 46. The van der Waals surface area contributed by atoms with Crippen LogP contribution in [-0.4, -0.2) is 73.4 Å². The first-order valence-corrected chi connectivity index (χ1v) is 33.1. The lowest BCUT2D eigenvalue weighted by Gasteiger charge is -2.25. The largest absolute Gasteiger partial charge is 0.472 e. The van der Waals surface area contributed by atoms with Gasteiger partial charge in [-0.15, -0.1) is 0 Å². The summed E-state index contributed by atoms with van der Waals surface area (Å²) in [6.45, 7) is 4.88. The van der Waals surface area contributed by atoms with Crippen molar-refractivity contribution >= 4 is 13.7 Å². The summed E-state index contributed by atoms with van der Waals surface area (Å²) < 4.78 is 23.8. The summed E-state index contributed by atoms with van der Waals surface area (Å²) in [5.41, 5.74) is 0. The molecule has 0 aromatic heterocycles. The van der Waals surface area contributed by atoms with Gasteiger partial charge in [0.2, 0.25) is 5.91 Å². The number of allylic oxidation sites excluding steroid dienone is 1. The summed E-state index contributed by atoms with van der Waals surface area (Å²) in [6, 6.07) is -0.842. The van der Waals surface area contributed by atoms with Crippen LogP contribution in [-0.2, 0) is 18.4 Å². The summed E-state index contributed by atoms with van der Waals surface area (Å²) in [6.07, 6.45) is 67.6. The average Bonchev–Trinajstić information content (AvgIpc) is 3.33. The third kappa shape index (κ3) is 56.8. The molecule has 0 heterocycles. The van der Waals surface area contributed by atoms with E-state index in [1.165, 1.54) is 276 Å². The van der Waals surface area contributed by atoms with Gasteiger partial charge in [-0.25, -0.2) is 4.57 Å². The van der Waals surface area contributed by atoms with Crippen molar-refractivity contribution in [3.63, 3.8) is 0 Å². The minimum absolute atomic E-state index is 0.0653. The van der Waals surface area contributed by atoms with E-state index in [1.54, 1.807) is 6.08 Å². The minimum Gasteiger partial charge on any atom is -0.387 e. The Balaban J connectivity index is 4.08. The number of carbonyl (C=O) groups is 1. The Hall–Kier alpha value is -0.760. The zero-order valence-corrected chi connectivity index (χ0v) is 49.4. The molecule has 0 radical (unpaired) electrons. The van der Waals surface area contributed by atoms with Gasteiger partial charge in [0.1, 0.15) is 13.2 Å². The van der Waals surface area contributed by atoms with Crippen LogP contribution in [0, 0.1) is 0 Å². The Kier molecular flexibility index (Phi) is 53.5. The molecular formula is C62H126N2O6P+. The molecule has 3 N–H and O–H groups in total. The molecule has 1 amide bonds. The van der Waals surface area contributed by atoms with Crippen molar-refractivity contribution in [3.8, 4) is 0 Å². The van der Waals surface area contributed by atoms with Crippen LogP contribution in [0.4, 0.5) is 0 Å². The molecule has 71 heavy (non-hydrogen) atoms. The lowest BCUT2D eigenvalue weighted by molar-refractivity contribution is -0.870. The smallest absolute Gasteiger partial charge is 0.387 e. The van der Waals surface area contributed by atoms with Crippen molar-refractivity contribution in [2.24, 2.45) is 0 Å². The van der Waals surface area contributed by atoms with Gasteiger partial charge in [0.05, 0.1) is 39.9 Å². The number of carbonyl (C=O) groups excluding carboxylic acids is 1. The van der Waals surface area contributed by atoms with E-state index >= 15 is 0 Å². The fourth-order valence-electron chi connectivity index (χ4n) is 9.81. The average molecular weight is 1030 g/mol. The van der Waals surface area contributed by atoms with Crippen molar-refractivity contribution in [1.82, 2.24) is 5.32 Å². The van der Waals surface area contributed by atoms with Crippen LogP contribution in [0.25, 0.3) is 0 Å². The van der Waals surface area contributed by atoms with Crippen LogP contribution in [0.3, 0.4) is 0 Å². The molecule has 424 valence electrons. The van der Waals surface area contributed by atoms with Gasteiger partial charge in [-0.1, -0.05) is 315 Å². The SMILES string of the molecule is CCCCCCCCCCCCCCCCCCCCC/C=C/C(O)C(COP(=O)(O)OCC[N+](C)(C)C)NC(=O)CCCCCCCCCCCCCCCCCCCCCCCCCCCCCC. The predicted octanol–water partition coefficient (Wildman–Crippen LogP) is 19.4. The van der Waals surface area contributed by atoms with E-state index in [4.69, 9.17) is 9.05 Å². The second kappa shape index (κ2) is 54.0. The van der Waals surface area contributed by atoms with Gasteiger partial charge in [0, 0.05) is 6.42 Å². The molecule has 8 nitrogen and oxygen atoms in total. The molecule has 0 aliphatic carbocycles. The number of hydrogen-bond donors (Lipinski definition) is 3. The van der Waals surface area contributed by atoms with Gasteiger partial charge in [-0.05, 0) is 19.3 Å². The van der Waals surface area contributed by atoms with E-state index in [2.05, 4.69) is 19.2 Å². The number of hydrogen-bond acceptors (Lipinski definition) is 5. The number of nitrogens with one attached hydrogen (secondary N) is 1. The van der Waals surface area contributed by atoms with E-state index in [0.717, 1.165) is 32.1 Å². The normalized spacial score (nSPS) is 13.8. The highest BCUT2D eigenvalue weighted by atomic mass is 31.2. The van der Waals surface area contributed by atoms with Crippen molar-refractivity contribution in [2.75, 3.05) is 40.9 Å². The summed E-state index contributed by atoms with van der Waals surface area (Å²) in [7, 11) is 1.59. The van der Waals surface area contributed by atoms with E-state index in [1.807, 2.05) is 27.2 Å². The molecule has 3 atom stereocenters. The Labute approximate surface area is 443 Å². The Morgan fingerprint density at radius 1 is 0.465 bits per heavy atom. The van der Waals surface area contributed by atoms with Gasteiger partial charge in [-0.3, -0.25) is 13.8 Å². The Morgan fingerprint density at radius 3 is 1.04 bits per heavy atom. The van der Waals surface area contributed by atoms with Crippen molar-refractivity contribution in [2.45, 2.75) is 341 Å². The van der Waals surface area contributed by atoms with Crippen LogP contribution >= 0.6 is 7.82 Å². The van der Waals surface area contributed by atoms with Gasteiger partial charge in [0.15, 0.2) is 0 Å². The van der Waals surface area contributed by atoms with Crippen molar-refractivity contribution in [1.29, 1.82) is 0 Å². The first kappa shape index (κ1) is 70.2. The number of aliphatic hydroxyl groups excluding tert-OH is 1. The second-order valence-corrected chi connectivity index (χ2v) is 24.6. The van der Waals surface area contributed by atoms with E-state index in [-0.39, 0.29) is 19.1 Å². The van der Waals surface area contributed by atoms with E-state index in [9.17, 15) is 19.4 Å². The van der Waals surface area contributed by atoms with Crippen molar-refractivity contribution in [3.05, 3.63) is 12.2 Å². The van der Waals surface area contributed by atoms with Crippen LogP contribution in [0.15, 0.2) is 12.2 Å². The molecule has 0 rings (SSSR count). The molecule has 0 aromatic carbocycles. The number of phosphoric acid groups is 1. The number of likely N-dealkylation sites (N-methyl/N-ethyl adjacent to an activating group) is 1. The topological polar surface area (TPSA) is 105 Å². The maximum absolute atomic E-state index is 13.0. The third-order valence-electron chi connectivity index (χ3n) is 14.8. The van der Waals surface area contributed by atoms with E-state index in [0.29, 0.717) is 17.4 Å². The lowest BCUT2D eigenvalue weighted by atomic mass is 10.0. The summed E-state index contributed by atoms with van der Waals surface area (Å²) in [5.74, 6) is -0.168. The highest BCUT2D eigenvalue weighted by Gasteiger charge is 2.28. The number of quaternary nitrogens is 1. The standard InChI is InChI=1S/C62H125N2O6P/c1-6-8-10-12-14-16-18-20-22-24-26-28-29-30-31-32-33-34-36-38-40-42-44-46-48-50-52-54-56-62(66)63-60(59-70-71(67,68)69-58-57-64(3,4)5)61(65)55-53-51-49-47-45-43-41-39-37-35-27-25-23-21-19-17-15-13-11-9-7-2/h53,55,60-61,65H,6-52,54,56-59H2,1-5H3,(H-,63,66,67,68)/p+1/b55-53+. The maximum atomic E-state index is 13.0. The van der Waals surface area contributed by atoms with Gasteiger partial charge in [0.25, 0.3) is 0 Å². The second-order valence-electron chi connectivity index (χ2n) is 23.2. The predicted molar refractivity (Wildman–Crippen MR) is 309 cm³/mol. The first-order valence-electron chi connectivity index (χ1n) is 31.6. The molecule has 0 aliphatic heterocycles. The maximum Gasteiger partial charge on any atom is 0.472 e. The molecule has 0 fully saturated rings. The zero-order valence-electron chi connectivity index (χ0n) is 48.5. The lowest BCUT2D eigenvalue weighted by Crippen LogP contribution is -2.45. The summed E-state index contributed by atoms with van der Waals surface area (Å²) >= 11 is 0. The minimum atomic E-state index is -4.34. The van der Waals surface area contributed by atoms with Gasteiger partial charge in [-0.2, -0.15) is 0 Å². The monoisotopic (exact) mass is 1030 g/mol. The summed E-state index contributed by atoms with van der Waals surface area (Å²) in [5, 5.41) is 14.0. The molecule has 0 aliphatic rings.